The molecule has 1 aliphatic rings. The maximum Gasteiger partial charge on any atom is 0.247 e. The van der Waals surface area contributed by atoms with Crippen molar-refractivity contribution in [2.75, 3.05) is 0 Å². The molecular formula is C18H21N5OS. The molecule has 0 spiro atoms. The van der Waals surface area contributed by atoms with Gasteiger partial charge in [0.2, 0.25) is 11.8 Å². The van der Waals surface area contributed by atoms with Crippen LogP contribution in [0.15, 0.2) is 33.8 Å². The molecule has 1 fully saturated rings. The lowest BCUT2D eigenvalue weighted by Crippen LogP contribution is -2.02. The van der Waals surface area contributed by atoms with Crippen LogP contribution in [0, 0.1) is 6.92 Å². The van der Waals surface area contributed by atoms with Gasteiger partial charge in [-0.05, 0) is 45.7 Å². The molecule has 1 aliphatic carbocycles. The summed E-state index contributed by atoms with van der Waals surface area (Å²) in [5.74, 6) is 2.87. The monoisotopic (exact) mass is 355 g/mol. The molecule has 4 rings (SSSR count). The van der Waals surface area contributed by atoms with Crippen LogP contribution in [0.4, 0.5) is 0 Å². The van der Waals surface area contributed by atoms with Gasteiger partial charge in [0.05, 0.1) is 5.25 Å². The summed E-state index contributed by atoms with van der Waals surface area (Å²) in [7, 11) is 0. The molecule has 25 heavy (non-hydrogen) atoms. The van der Waals surface area contributed by atoms with E-state index in [1.165, 1.54) is 18.4 Å². The quantitative estimate of drug-likeness (QED) is 0.611. The lowest BCUT2D eigenvalue weighted by molar-refractivity contribution is 0.508. The van der Waals surface area contributed by atoms with E-state index in [0.717, 1.165) is 23.1 Å². The van der Waals surface area contributed by atoms with Gasteiger partial charge in [0.1, 0.15) is 5.82 Å². The first-order chi connectivity index (χ1) is 12.2. The van der Waals surface area contributed by atoms with Crippen molar-refractivity contribution in [2.45, 2.75) is 56.5 Å². The minimum atomic E-state index is 0.0215. The summed E-state index contributed by atoms with van der Waals surface area (Å²) in [6, 6.07) is 8.08. The molecule has 1 atom stereocenters. The Morgan fingerprint density at radius 2 is 1.92 bits per heavy atom. The van der Waals surface area contributed by atoms with Crippen LogP contribution in [0.3, 0.4) is 0 Å². The molecule has 7 heteroatoms. The fourth-order valence-corrected chi connectivity index (χ4v) is 3.70. The third-order valence-corrected chi connectivity index (χ3v) is 5.44. The first kappa shape index (κ1) is 16.3. The van der Waals surface area contributed by atoms with E-state index in [4.69, 9.17) is 4.42 Å². The zero-order valence-corrected chi connectivity index (χ0v) is 15.5. The van der Waals surface area contributed by atoms with Gasteiger partial charge in [-0.15, -0.1) is 20.4 Å². The average Bonchev–Trinajstić information content (AvgIpc) is 3.19. The van der Waals surface area contributed by atoms with Gasteiger partial charge in [0.15, 0.2) is 5.16 Å². The van der Waals surface area contributed by atoms with E-state index in [1.54, 1.807) is 11.8 Å². The number of aryl methyl sites for hydroxylation is 1. The van der Waals surface area contributed by atoms with E-state index in [-0.39, 0.29) is 5.25 Å². The van der Waals surface area contributed by atoms with Crippen LogP contribution in [0.5, 0.6) is 0 Å². The Morgan fingerprint density at radius 3 is 2.60 bits per heavy atom. The van der Waals surface area contributed by atoms with Crippen LogP contribution in [0.25, 0.3) is 11.5 Å². The number of benzene rings is 1. The Balaban J connectivity index is 1.52. The molecule has 1 aromatic carbocycles. The molecule has 1 unspecified atom stereocenters. The Hall–Kier alpha value is -2.15. The van der Waals surface area contributed by atoms with E-state index in [1.807, 2.05) is 24.3 Å². The molecule has 130 valence electrons. The van der Waals surface area contributed by atoms with Crippen molar-refractivity contribution in [1.29, 1.82) is 0 Å². The second kappa shape index (κ2) is 6.63. The molecular weight excluding hydrogens is 334 g/mol. The maximum absolute atomic E-state index is 5.88. The molecule has 0 bridgehead atoms. The van der Waals surface area contributed by atoms with Crippen molar-refractivity contribution in [3.05, 3.63) is 41.5 Å². The van der Waals surface area contributed by atoms with Gasteiger partial charge < -0.3 is 8.98 Å². The summed E-state index contributed by atoms with van der Waals surface area (Å²) < 4.78 is 8.09. The highest BCUT2D eigenvalue weighted by Crippen LogP contribution is 2.41. The van der Waals surface area contributed by atoms with Crippen molar-refractivity contribution in [3.8, 4) is 11.5 Å². The fraction of sp³-hybridized carbons (Fsp3) is 0.444. The smallest absolute Gasteiger partial charge is 0.247 e. The fourth-order valence-electron chi connectivity index (χ4n) is 2.75. The molecule has 1 saturated carbocycles. The molecule has 0 N–H and O–H groups in total. The number of thioether (sulfide) groups is 1. The highest BCUT2D eigenvalue weighted by Gasteiger charge is 2.30. The standard InChI is InChI=1S/C18H21N5OS/c1-4-23-15(13-9-10-13)19-22-18(23)25-12(3)16-20-21-17(24-16)14-7-5-11(2)6-8-14/h5-8,12-13H,4,9-10H2,1-3H3. The highest BCUT2D eigenvalue weighted by atomic mass is 32.2. The predicted molar refractivity (Wildman–Crippen MR) is 96.4 cm³/mol. The number of nitrogens with zero attached hydrogens (tertiary/aromatic N) is 5. The number of aromatic nitrogens is 5. The molecule has 0 radical (unpaired) electrons. The van der Waals surface area contributed by atoms with E-state index >= 15 is 0 Å². The summed E-state index contributed by atoms with van der Waals surface area (Å²) in [6.45, 7) is 7.13. The number of rotatable bonds is 6. The minimum Gasteiger partial charge on any atom is -0.419 e. The molecule has 2 aromatic heterocycles. The summed E-state index contributed by atoms with van der Waals surface area (Å²) in [6.07, 6.45) is 2.45. The SMILES string of the molecule is CCn1c(SC(C)c2nnc(-c3ccc(C)cc3)o2)nnc1C1CC1. The molecule has 0 aliphatic heterocycles. The van der Waals surface area contributed by atoms with Crippen LogP contribution in [-0.2, 0) is 6.54 Å². The second-order valence-corrected chi connectivity index (χ2v) is 7.74. The lowest BCUT2D eigenvalue weighted by Gasteiger charge is -2.09. The Labute approximate surface area is 151 Å². The third kappa shape index (κ3) is 3.33. The van der Waals surface area contributed by atoms with Crippen LogP contribution < -0.4 is 0 Å². The van der Waals surface area contributed by atoms with Crippen LogP contribution in [0.1, 0.15) is 55.1 Å². The zero-order chi connectivity index (χ0) is 17.4. The third-order valence-electron chi connectivity index (χ3n) is 4.37. The Bertz CT molecular complexity index is 866. The van der Waals surface area contributed by atoms with Crippen LogP contribution in [0.2, 0.25) is 0 Å². The van der Waals surface area contributed by atoms with Gasteiger partial charge in [-0.3, -0.25) is 0 Å². The van der Waals surface area contributed by atoms with Crippen LogP contribution in [-0.4, -0.2) is 25.0 Å². The largest absolute Gasteiger partial charge is 0.419 e. The average molecular weight is 355 g/mol. The molecule has 0 amide bonds. The van der Waals surface area contributed by atoms with E-state index in [2.05, 4.69) is 45.7 Å². The summed E-state index contributed by atoms with van der Waals surface area (Å²) >= 11 is 1.62. The predicted octanol–water partition coefficient (Wildman–Crippen LogP) is 4.39. The first-order valence-electron chi connectivity index (χ1n) is 8.66. The summed E-state index contributed by atoms with van der Waals surface area (Å²) in [5, 5.41) is 18.1. The van der Waals surface area contributed by atoms with Gasteiger partial charge in [0, 0.05) is 18.0 Å². The van der Waals surface area contributed by atoms with Crippen molar-refractivity contribution >= 4 is 11.8 Å². The normalized spacial score (nSPS) is 15.5. The van der Waals surface area contributed by atoms with Gasteiger partial charge in [0.25, 0.3) is 0 Å². The van der Waals surface area contributed by atoms with Gasteiger partial charge in [-0.2, -0.15) is 0 Å². The van der Waals surface area contributed by atoms with E-state index in [0.29, 0.717) is 17.7 Å². The molecule has 0 saturated heterocycles. The minimum absolute atomic E-state index is 0.0215. The van der Waals surface area contributed by atoms with Crippen molar-refractivity contribution in [1.82, 2.24) is 25.0 Å². The van der Waals surface area contributed by atoms with Gasteiger partial charge >= 0.3 is 0 Å². The zero-order valence-electron chi connectivity index (χ0n) is 14.6. The summed E-state index contributed by atoms with van der Waals surface area (Å²) in [5.41, 5.74) is 2.15. The van der Waals surface area contributed by atoms with E-state index in [9.17, 15) is 0 Å². The van der Waals surface area contributed by atoms with Crippen molar-refractivity contribution in [3.63, 3.8) is 0 Å². The first-order valence-corrected chi connectivity index (χ1v) is 9.54. The second-order valence-electron chi connectivity index (χ2n) is 6.43. The number of hydrogen-bond donors (Lipinski definition) is 0. The van der Waals surface area contributed by atoms with E-state index < -0.39 is 0 Å². The van der Waals surface area contributed by atoms with Crippen LogP contribution >= 0.6 is 11.8 Å². The Kier molecular flexibility index (Phi) is 4.33. The van der Waals surface area contributed by atoms with Crippen molar-refractivity contribution < 1.29 is 4.42 Å². The Morgan fingerprint density at radius 1 is 1.16 bits per heavy atom. The summed E-state index contributed by atoms with van der Waals surface area (Å²) in [4.78, 5) is 0. The molecule has 6 nitrogen and oxygen atoms in total. The van der Waals surface area contributed by atoms with Gasteiger partial charge in [-0.1, -0.05) is 29.5 Å². The lowest BCUT2D eigenvalue weighted by atomic mass is 10.1. The van der Waals surface area contributed by atoms with Crippen molar-refractivity contribution in [2.24, 2.45) is 0 Å². The molecule has 3 aromatic rings. The van der Waals surface area contributed by atoms with Gasteiger partial charge in [-0.25, -0.2) is 0 Å². The molecule has 2 heterocycles. The highest BCUT2D eigenvalue weighted by molar-refractivity contribution is 7.99. The maximum atomic E-state index is 5.88. The topological polar surface area (TPSA) is 69.6 Å². The number of hydrogen-bond acceptors (Lipinski definition) is 6.